The molecule has 0 saturated carbocycles. The normalized spacial score (nSPS) is 10.6. The van der Waals surface area contributed by atoms with Crippen molar-refractivity contribution in [2.24, 2.45) is 0 Å². The van der Waals surface area contributed by atoms with E-state index in [-0.39, 0.29) is 5.91 Å². The molecule has 7 nitrogen and oxygen atoms in total. The van der Waals surface area contributed by atoms with Crippen LogP contribution in [0, 0.1) is 0 Å². The molecule has 1 amide bonds. The molecule has 2 aromatic carbocycles. The Balaban J connectivity index is 1.48. The molecule has 0 atom stereocenters. The number of nitrogens with two attached hydrogens (primary N) is 1. The second-order valence-corrected chi connectivity index (χ2v) is 6.65. The van der Waals surface area contributed by atoms with Gasteiger partial charge < -0.3 is 15.8 Å². The topological polar surface area (TPSA) is 95.1 Å². The molecule has 4 aromatic rings. The predicted octanol–water partition coefficient (Wildman–Crippen LogP) is 3.46. The minimum absolute atomic E-state index is 0.167. The summed E-state index contributed by atoms with van der Waals surface area (Å²) in [5.74, 6) is 1.12. The molecule has 0 fully saturated rings. The highest BCUT2D eigenvalue weighted by atomic mass is 16.5. The van der Waals surface area contributed by atoms with Crippen LogP contribution in [0.4, 0.5) is 5.82 Å². The Labute approximate surface area is 174 Å². The molecule has 2 heterocycles. The molecule has 2 aromatic heterocycles. The highest BCUT2D eigenvalue weighted by Gasteiger charge is 2.11. The van der Waals surface area contributed by atoms with Gasteiger partial charge in [-0.25, -0.2) is 4.68 Å². The van der Waals surface area contributed by atoms with E-state index in [1.165, 1.54) is 0 Å². The molecule has 0 bridgehead atoms. The van der Waals surface area contributed by atoms with Crippen molar-refractivity contribution in [3.8, 4) is 22.7 Å². The van der Waals surface area contributed by atoms with Gasteiger partial charge in [0.2, 0.25) is 0 Å². The average Bonchev–Trinajstić information content (AvgIpc) is 3.20. The Morgan fingerprint density at radius 3 is 2.50 bits per heavy atom. The van der Waals surface area contributed by atoms with Gasteiger partial charge >= 0.3 is 0 Å². The number of carbonyl (C=O) groups is 1. The Kier molecular flexibility index (Phi) is 5.43. The van der Waals surface area contributed by atoms with Gasteiger partial charge in [0.1, 0.15) is 11.6 Å². The van der Waals surface area contributed by atoms with E-state index < -0.39 is 0 Å². The molecule has 0 aliphatic rings. The van der Waals surface area contributed by atoms with Crippen LogP contribution < -0.4 is 15.8 Å². The molecule has 0 saturated heterocycles. The summed E-state index contributed by atoms with van der Waals surface area (Å²) in [6.45, 7) is 0.374. The van der Waals surface area contributed by atoms with Crippen molar-refractivity contribution in [2.45, 2.75) is 6.54 Å². The highest BCUT2D eigenvalue weighted by molar-refractivity contribution is 5.94. The van der Waals surface area contributed by atoms with Crippen LogP contribution >= 0.6 is 0 Å². The number of nitrogens with one attached hydrogen (secondary N) is 1. The number of pyridine rings is 1. The number of anilines is 1. The summed E-state index contributed by atoms with van der Waals surface area (Å²) in [7, 11) is 1.63. The first-order valence-electron chi connectivity index (χ1n) is 9.42. The van der Waals surface area contributed by atoms with Gasteiger partial charge in [0.15, 0.2) is 0 Å². The van der Waals surface area contributed by atoms with E-state index in [4.69, 9.17) is 10.5 Å². The molecule has 7 heteroatoms. The number of amides is 1. The van der Waals surface area contributed by atoms with Crippen LogP contribution in [0.3, 0.4) is 0 Å². The quantitative estimate of drug-likeness (QED) is 0.518. The number of nitrogen functional groups attached to an aromatic ring is 1. The molecule has 0 aliphatic heterocycles. The summed E-state index contributed by atoms with van der Waals surface area (Å²) in [5.41, 5.74) is 9.99. The number of carbonyl (C=O) groups excluding carboxylic acids is 1. The molecule has 150 valence electrons. The maximum atomic E-state index is 12.4. The summed E-state index contributed by atoms with van der Waals surface area (Å²) < 4.78 is 6.84. The van der Waals surface area contributed by atoms with E-state index >= 15 is 0 Å². The highest BCUT2D eigenvalue weighted by Crippen LogP contribution is 2.25. The molecule has 0 unspecified atom stereocenters. The average molecular weight is 399 g/mol. The van der Waals surface area contributed by atoms with Crippen molar-refractivity contribution in [3.05, 3.63) is 90.3 Å². The van der Waals surface area contributed by atoms with E-state index in [0.717, 1.165) is 28.4 Å². The van der Waals surface area contributed by atoms with Crippen LogP contribution in [-0.4, -0.2) is 27.8 Å². The SMILES string of the molecule is COc1ccc(-c2cc(N)n(-c3ccc(C(=O)NCc4ccccn4)cc3)n2)cc1. The summed E-state index contributed by atoms with van der Waals surface area (Å²) >= 11 is 0. The fraction of sp³-hybridized carbons (Fsp3) is 0.0870. The zero-order valence-corrected chi connectivity index (χ0v) is 16.4. The van der Waals surface area contributed by atoms with Crippen molar-refractivity contribution >= 4 is 11.7 Å². The lowest BCUT2D eigenvalue weighted by atomic mass is 10.1. The Morgan fingerprint density at radius 1 is 1.07 bits per heavy atom. The first-order valence-corrected chi connectivity index (χ1v) is 9.42. The second kappa shape index (κ2) is 8.48. The Hall–Kier alpha value is -4.13. The van der Waals surface area contributed by atoms with Gasteiger partial charge in [-0.2, -0.15) is 5.10 Å². The number of methoxy groups -OCH3 is 1. The predicted molar refractivity (Wildman–Crippen MR) is 115 cm³/mol. The third-order valence-corrected chi connectivity index (χ3v) is 4.65. The number of benzene rings is 2. The van der Waals surface area contributed by atoms with Gasteiger partial charge in [-0.15, -0.1) is 0 Å². The van der Waals surface area contributed by atoms with E-state index in [1.54, 1.807) is 30.1 Å². The van der Waals surface area contributed by atoms with E-state index in [9.17, 15) is 4.79 Å². The summed E-state index contributed by atoms with van der Waals surface area (Å²) in [4.78, 5) is 16.6. The van der Waals surface area contributed by atoms with Gasteiger partial charge in [0.05, 0.1) is 30.7 Å². The van der Waals surface area contributed by atoms with E-state index in [2.05, 4.69) is 15.4 Å². The lowest BCUT2D eigenvalue weighted by Crippen LogP contribution is -2.23. The maximum Gasteiger partial charge on any atom is 0.251 e. The monoisotopic (exact) mass is 399 g/mol. The number of aromatic nitrogens is 3. The Morgan fingerprint density at radius 2 is 1.83 bits per heavy atom. The minimum Gasteiger partial charge on any atom is -0.497 e. The zero-order chi connectivity index (χ0) is 20.9. The van der Waals surface area contributed by atoms with E-state index in [0.29, 0.717) is 17.9 Å². The molecule has 4 rings (SSSR count). The number of ether oxygens (including phenoxy) is 1. The van der Waals surface area contributed by atoms with Gasteiger partial charge in [-0.05, 0) is 60.7 Å². The first-order chi connectivity index (χ1) is 14.6. The van der Waals surface area contributed by atoms with Crippen LogP contribution in [0.15, 0.2) is 79.0 Å². The fourth-order valence-electron chi connectivity index (χ4n) is 3.03. The zero-order valence-electron chi connectivity index (χ0n) is 16.4. The number of hydrogen-bond acceptors (Lipinski definition) is 5. The minimum atomic E-state index is -0.167. The van der Waals surface area contributed by atoms with Crippen LogP contribution in [0.5, 0.6) is 5.75 Å². The largest absolute Gasteiger partial charge is 0.497 e. The second-order valence-electron chi connectivity index (χ2n) is 6.65. The lowest BCUT2D eigenvalue weighted by Gasteiger charge is -2.07. The smallest absolute Gasteiger partial charge is 0.251 e. The summed E-state index contributed by atoms with van der Waals surface area (Å²) in [5, 5.41) is 7.46. The molecular formula is C23H21N5O2. The summed E-state index contributed by atoms with van der Waals surface area (Å²) in [6, 6.07) is 22.1. The standard InChI is InChI=1S/C23H21N5O2/c1-30-20-11-7-16(8-12-20)21-14-22(24)28(27-21)19-9-5-17(6-10-19)23(29)26-15-18-4-2-3-13-25-18/h2-14H,15,24H2,1H3,(H,26,29). The van der Waals surface area contributed by atoms with Crippen LogP contribution in [0.2, 0.25) is 0 Å². The summed E-state index contributed by atoms with van der Waals surface area (Å²) in [6.07, 6.45) is 1.70. The third kappa shape index (κ3) is 4.15. The van der Waals surface area contributed by atoms with E-state index in [1.807, 2.05) is 60.7 Å². The van der Waals surface area contributed by atoms with Gasteiger partial charge in [-0.1, -0.05) is 6.07 Å². The van der Waals surface area contributed by atoms with Crippen molar-refractivity contribution < 1.29 is 9.53 Å². The molecular weight excluding hydrogens is 378 g/mol. The first kappa shape index (κ1) is 19.2. The van der Waals surface area contributed by atoms with Gasteiger partial charge in [-0.3, -0.25) is 9.78 Å². The number of rotatable bonds is 6. The van der Waals surface area contributed by atoms with Gasteiger partial charge in [0.25, 0.3) is 5.91 Å². The molecule has 0 spiro atoms. The van der Waals surface area contributed by atoms with Crippen LogP contribution in [0.1, 0.15) is 16.1 Å². The number of nitrogens with zero attached hydrogens (tertiary/aromatic N) is 3. The van der Waals surface area contributed by atoms with Crippen LogP contribution in [-0.2, 0) is 6.54 Å². The molecule has 30 heavy (non-hydrogen) atoms. The lowest BCUT2D eigenvalue weighted by molar-refractivity contribution is 0.0950. The fourth-order valence-corrected chi connectivity index (χ4v) is 3.03. The van der Waals surface area contributed by atoms with Crippen LogP contribution in [0.25, 0.3) is 16.9 Å². The number of hydrogen-bond donors (Lipinski definition) is 2. The third-order valence-electron chi connectivity index (χ3n) is 4.65. The van der Waals surface area contributed by atoms with Crippen molar-refractivity contribution in [3.63, 3.8) is 0 Å². The van der Waals surface area contributed by atoms with Crippen molar-refractivity contribution in [1.82, 2.24) is 20.1 Å². The van der Waals surface area contributed by atoms with Crippen molar-refractivity contribution in [1.29, 1.82) is 0 Å². The van der Waals surface area contributed by atoms with Gasteiger partial charge in [0, 0.05) is 23.4 Å². The molecule has 0 radical (unpaired) electrons. The van der Waals surface area contributed by atoms with Crippen molar-refractivity contribution in [2.75, 3.05) is 12.8 Å². The Bertz CT molecular complexity index is 1140. The molecule has 0 aliphatic carbocycles. The molecule has 3 N–H and O–H groups in total. The maximum absolute atomic E-state index is 12.4.